The molecule has 0 saturated heterocycles. The molecule has 3 rings (SSSR count). The average molecular weight is 308 g/mol. The van der Waals surface area contributed by atoms with Gasteiger partial charge in [0.1, 0.15) is 5.82 Å². The highest BCUT2D eigenvalue weighted by Gasteiger charge is 2.21. The van der Waals surface area contributed by atoms with Crippen molar-refractivity contribution in [2.24, 2.45) is 5.84 Å². The number of thiophene rings is 1. The number of rotatable bonds is 3. The lowest BCUT2D eigenvalue weighted by atomic mass is 10.00. The summed E-state index contributed by atoms with van der Waals surface area (Å²) in [4.78, 5) is 2.63. The Labute approximate surface area is 126 Å². The van der Waals surface area contributed by atoms with Crippen molar-refractivity contribution in [2.75, 3.05) is 5.75 Å². The summed E-state index contributed by atoms with van der Waals surface area (Å²) < 4.78 is 13.5. The lowest BCUT2D eigenvalue weighted by Gasteiger charge is -2.17. The molecule has 3 N–H and O–H groups in total. The maximum atomic E-state index is 13.5. The smallest absolute Gasteiger partial charge is 0.123 e. The van der Waals surface area contributed by atoms with Gasteiger partial charge < -0.3 is 0 Å². The van der Waals surface area contributed by atoms with E-state index >= 15 is 0 Å². The van der Waals surface area contributed by atoms with E-state index in [2.05, 4.69) is 11.5 Å². The minimum Gasteiger partial charge on any atom is -0.271 e. The number of nitrogens with two attached hydrogens (primary N) is 1. The summed E-state index contributed by atoms with van der Waals surface area (Å²) in [5.41, 5.74) is 6.23. The second-order valence-electron chi connectivity index (χ2n) is 5.00. The Hall–Kier alpha value is -0.880. The molecule has 1 atom stereocenters. The molecule has 0 saturated carbocycles. The molecule has 1 aliphatic rings. The first kappa shape index (κ1) is 14.1. The molecule has 20 heavy (non-hydrogen) atoms. The van der Waals surface area contributed by atoms with Crippen LogP contribution in [-0.2, 0) is 12.2 Å². The van der Waals surface area contributed by atoms with Crippen molar-refractivity contribution >= 4 is 23.1 Å². The van der Waals surface area contributed by atoms with Gasteiger partial charge in [-0.2, -0.15) is 11.8 Å². The molecule has 0 aliphatic carbocycles. The van der Waals surface area contributed by atoms with Gasteiger partial charge >= 0.3 is 0 Å². The van der Waals surface area contributed by atoms with Gasteiger partial charge in [-0.3, -0.25) is 5.84 Å². The predicted molar refractivity (Wildman–Crippen MR) is 84.5 cm³/mol. The van der Waals surface area contributed by atoms with E-state index in [1.54, 1.807) is 23.5 Å². The van der Waals surface area contributed by atoms with Crippen LogP contribution in [-0.4, -0.2) is 5.75 Å². The quantitative estimate of drug-likeness (QED) is 0.673. The summed E-state index contributed by atoms with van der Waals surface area (Å²) in [6, 6.07) is 6.96. The first-order chi connectivity index (χ1) is 9.69. The van der Waals surface area contributed by atoms with Gasteiger partial charge in [0.25, 0.3) is 0 Å². The summed E-state index contributed by atoms with van der Waals surface area (Å²) in [7, 11) is 0. The number of hydrazine groups is 1. The van der Waals surface area contributed by atoms with Crippen LogP contribution in [0.3, 0.4) is 0 Å². The molecular weight excluding hydrogens is 291 g/mol. The standard InChI is InChI=1S/C15H17FN2S2/c1-9-2-3-11(16)7-12(9)15(18-17)14-6-10-8-19-5-4-13(10)20-14/h2-3,6-7,15,18H,4-5,8,17H2,1H3. The molecule has 5 heteroatoms. The summed E-state index contributed by atoms with van der Waals surface area (Å²) >= 11 is 3.77. The van der Waals surface area contributed by atoms with Gasteiger partial charge in [-0.1, -0.05) is 6.07 Å². The highest BCUT2D eigenvalue weighted by Crippen LogP contribution is 2.37. The molecule has 1 aromatic carbocycles. The minimum absolute atomic E-state index is 0.133. The van der Waals surface area contributed by atoms with Gasteiger partial charge in [0, 0.05) is 15.5 Å². The number of fused-ring (bicyclic) bond motifs is 1. The Morgan fingerprint density at radius 2 is 2.20 bits per heavy atom. The van der Waals surface area contributed by atoms with Gasteiger partial charge in [-0.25, -0.2) is 9.82 Å². The first-order valence-electron chi connectivity index (χ1n) is 6.60. The van der Waals surface area contributed by atoms with Crippen molar-refractivity contribution < 1.29 is 4.39 Å². The number of hydrogen-bond acceptors (Lipinski definition) is 4. The molecule has 2 nitrogen and oxygen atoms in total. The van der Waals surface area contributed by atoms with Crippen LogP contribution in [0, 0.1) is 12.7 Å². The highest BCUT2D eigenvalue weighted by atomic mass is 32.2. The van der Waals surface area contributed by atoms with Crippen molar-refractivity contribution in [1.82, 2.24) is 5.43 Å². The Morgan fingerprint density at radius 1 is 1.35 bits per heavy atom. The van der Waals surface area contributed by atoms with Gasteiger partial charge in [0.15, 0.2) is 0 Å². The van der Waals surface area contributed by atoms with E-state index in [1.807, 2.05) is 18.7 Å². The van der Waals surface area contributed by atoms with Gasteiger partial charge in [0.05, 0.1) is 6.04 Å². The van der Waals surface area contributed by atoms with Gasteiger partial charge in [-0.05, 0) is 54.0 Å². The average Bonchev–Trinajstić information content (AvgIpc) is 2.87. The van der Waals surface area contributed by atoms with E-state index in [1.165, 1.54) is 27.1 Å². The van der Waals surface area contributed by atoms with Crippen LogP contribution in [0.1, 0.15) is 32.5 Å². The first-order valence-corrected chi connectivity index (χ1v) is 8.57. The van der Waals surface area contributed by atoms with E-state index in [-0.39, 0.29) is 11.9 Å². The van der Waals surface area contributed by atoms with Crippen LogP contribution >= 0.6 is 23.1 Å². The molecule has 1 aliphatic heterocycles. The maximum Gasteiger partial charge on any atom is 0.123 e. The molecule has 0 radical (unpaired) electrons. The molecule has 1 unspecified atom stereocenters. The Kier molecular flexibility index (Phi) is 4.12. The fraction of sp³-hybridized carbons (Fsp3) is 0.333. The number of aryl methyl sites for hydroxylation is 2. The fourth-order valence-electron chi connectivity index (χ4n) is 2.56. The molecule has 2 aromatic rings. The number of benzene rings is 1. The van der Waals surface area contributed by atoms with Crippen molar-refractivity contribution in [2.45, 2.75) is 25.1 Å². The second kappa shape index (κ2) is 5.85. The molecule has 0 spiro atoms. The zero-order valence-corrected chi connectivity index (χ0v) is 12.9. The number of hydrogen-bond donors (Lipinski definition) is 2. The van der Waals surface area contributed by atoms with Crippen LogP contribution in [0.2, 0.25) is 0 Å². The summed E-state index contributed by atoms with van der Waals surface area (Å²) in [5.74, 6) is 7.78. The third kappa shape index (κ3) is 2.63. The maximum absolute atomic E-state index is 13.5. The Morgan fingerprint density at radius 3 is 2.95 bits per heavy atom. The molecule has 2 heterocycles. The van der Waals surface area contributed by atoms with Crippen LogP contribution in [0.4, 0.5) is 4.39 Å². The molecule has 106 valence electrons. The molecule has 0 bridgehead atoms. The zero-order chi connectivity index (χ0) is 14.1. The molecular formula is C15H17FN2S2. The molecule has 1 aromatic heterocycles. The molecule has 0 amide bonds. The van der Waals surface area contributed by atoms with Crippen molar-refractivity contribution in [3.8, 4) is 0 Å². The van der Waals surface area contributed by atoms with Crippen LogP contribution < -0.4 is 11.3 Å². The van der Waals surface area contributed by atoms with E-state index in [0.717, 1.165) is 23.3 Å². The lowest BCUT2D eigenvalue weighted by Crippen LogP contribution is -2.28. The predicted octanol–water partition coefficient (Wildman–Crippen LogP) is 3.54. The third-order valence-corrected chi connectivity index (χ3v) is 5.96. The van der Waals surface area contributed by atoms with Gasteiger partial charge in [-0.15, -0.1) is 11.3 Å². The van der Waals surface area contributed by atoms with E-state index in [9.17, 15) is 4.39 Å². The van der Waals surface area contributed by atoms with Gasteiger partial charge in [0.2, 0.25) is 0 Å². The summed E-state index contributed by atoms with van der Waals surface area (Å²) in [6.45, 7) is 1.99. The normalized spacial score (nSPS) is 15.9. The summed E-state index contributed by atoms with van der Waals surface area (Å²) in [6.07, 6.45) is 1.13. The highest BCUT2D eigenvalue weighted by molar-refractivity contribution is 7.98. The number of halogens is 1. The monoisotopic (exact) mass is 308 g/mol. The molecule has 0 fully saturated rings. The van der Waals surface area contributed by atoms with Crippen molar-refractivity contribution in [3.05, 3.63) is 56.5 Å². The fourth-order valence-corrected chi connectivity index (χ4v) is 5.02. The Bertz CT molecular complexity index is 601. The van der Waals surface area contributed by atoms with E-state index < -0.39 is 0 Å². The van der Waals surface area contributed by atoms with Crippen molar-refractivity contribution in [1.29, 1.82) is 0 Å². The number of thioether (sulfide) groups is 1. The second-order valence-corrected chi connectivity index (χ2v) is 7.27. The van der Waals surface area contributed by atoms with Crippen LogP contribution in [0.15, 0.2) is 24.3 Å². The minimum atomic E-state index is -0.220. The van der Waals surface area contributed by atoms with Crippen LogP contribution in [0.25, 0.3) is 0 Å². The Balaban J connectivity index is 2.01. The van der Waals surface area contributed by atoms with E-state index in [0.29, 0.717) is 0 Å². The van der Waals surface area contributed by atoms with E-state index in [4.69, 9.17) is 5.84 Å². The topological polar surface area (TPSA) is 38.0 Å². The largest absolute Gasteiger partial charge is 0.271 e. The summed E-state index contributed by atoms with van der Waals surface area (Å²) in [5, 5.41) is 0. The SMILES string of the molecule is Cc1ccc(F)cc1C(NN)c1cc2c(s1)CCSC2. The lowest BCUT2D eigenvalue weighted by molar-refractivity contribution is 0.606. The number of nitrogens with one attached hydrogen (secondary N) is 1. The third-order valence-electron chi connectivity index (χ3n) is 3.65. The van der Waals surface area contributed by atoms with Crippen molar-refractivity contribution in [3.63, 3.8) is 0 Å². The zero-order valence-electron chi connectivity index (χ0n) is 11.3. The van der Waals surface area contributed by atoms with Crippen LogP contribution in [0.5, 0.6) is 0 Å².